The van der Waals surface area contributed by atoms with Gasteiger partial charge in [0.2, 0.25) is 0 Å². The van der Waals surface area contributed by atoms with Gasteiger partial charge in [-0.15, -0.1) is 11.3 Å². The highest BCUT2D eigenvalue weighted by atomic mass is 32.1. The zero-order chi connectivity index (χ0) is 10.4. The molecule has 0 unspecified atom stereocenters. The molecule has 2 aromatic heterocycles. The fraction of sp³-hybridized carbons (Fsp3) is 0.300. The summed E-state index contributed by atoms with van der Waals surface area (Å²) in [5.74, 6) is -0.525. The van der Waals surface area contributed by atoms with E-state index in [0.29, 0.717) is 11.5 Å². The number of carboxylic acid groups (broad SMARTS) is 1. The second kappa shape index (κ2) is 3.00. The van der Waals surface area contributed by atoms with Crippen molar-refractivity contribution in [2.75, 3.05) is 0 Å². The largest absolute Gasteiger partial charge is 0.478 e. The molecule has 2 aromatic rings. The van der Waals surface area contributed by atoms with E-state index in [0.717, 1.165) is 28.8 Å². The maximum absolute atomic E-state index is 11.1. The Morgan fingerprint density at radius 2 is 2.27 bits per heavy atom. The second-order valence-corrected chi connectivity index (χ2v) is 4.50. The number of fused-ring (bicyclic) bond motifs is 1. The molecule has 0 saturated heterocycles. The monoisotopic (exact) mass is 220 g/mol. The first-order valence-corrected chi connectivity index (χ1v) is 5.60. The fourth-order valence-corrected chi connectivity index (χ4v) is 2.44. The maximum atomic E-state index is 11.1. The Bertz CT molecular complexity index is 545. The zero-order valence-corrected chi connectivity index (χ0v) is 8.62. The topological polar surface area (TPSA) is 63.1 Å². The summed E-state index contributed by atoms with van der Waals surface area (Å²) in [6, 6.07) is 0. The Hall–Kier alpha value is -1.49. The Morgan fingerprint density at radius 1 is 1.47 bits per heavy atom. The Morgan fingerprint density at radius 3 is 2.93 bits per heavy atom. The van der Waals surface area contributed by atoms with Crippen molar-refractivity contribution < 1.29 is 9.90 Å². The summed E-state index contributed by atoms with van der Waals surface area (Å²) >= 11 is 1.45. The first-order chi connectivity index (χ1) is 7.27. The van der Waals surface area contributed by atoms with E-state index in [-0.39, 0.29) is 0 Å². The molecule has 15 heavy (non-hydrogen) atoms. The van der Waals surface area contributed by atoms with Gasteiger partial charge in [-0.25, -0.2) is 14.8 Å². The van der Waals surface area contributed by atoms with Crippen LogP contribution in [0.5, 0.6) is 0 Å². The third-order valence-electron chi connectivity index (χ3n) is 2.62. The lowest BCUT2D eigenvalue weighted by Gasteiger charge is -2.03. The lowest BCUT2D eigenvalue weighted by atomic mass is 10.1. The van der Waals surface area contributed by atoms with Crippen LogP contribution in [0.1, 0.15) is 34.7 Å². The van der Waals surface area contributed by atoms with Gasteiger partial charge >= 0.3 is 5.97 Å². The highest BCUT2D eigenvalue weighted by molar-refractivity contribution is 7.16. The molecule has 2 heterocycles. The summed E-state index contributed by atoms with van der Waals surface area (Å²) in [5, 5.41) is 9.07. The van der Waals surface area contributed by atoms with Crippen molar-refractivity contribution in [3.63, 3.8) is 0 Å². The molecule has 5 heteroatoms. The van der Waals surface area contributed by atoms with Crippen LogP contribution < -0.4 is 0 Å². The first-order valence-electron chi connectivity index (χ1n) is 4.73. The molecule has 1 saturated carbocycles. The van der Waals surface area contributed by atoms with Gasteiger partial charge in [-0.1, -0.05) is 0 Å². The van der Waals surface area contributed by atoms with Crippen LogP contribution in [-0.4, -0.2) is 21.0 Å². The van der Waals surface area contributed by atoms with E-state index in [2.05, 4.69) is 9.97 Å². The summed E-state index contributed by atoms with van der Waals surface area (Å²) in [6.07, 6.45) is 3.59. The second-order valence-electron chi connectivity index (χ2n) is 3.67. The van der Waals surface area contributed by atoms with Crippen LogP contribution in [0, 0.1) is 0 Å². The van der Waals surface area contributed by atoms with Crippen molar-refractivity contribution >= 4 is 27.7 Å². The molecular formula is C10H8N2O2S. The van der Waals surface area contributed by atoms with Gasteiger partial charge in [-0.05, 0) is 18.8 Å². The molecule has 4 nitrogen and oxygen atoms in total. The number of nitrogens with zero attached hydrogens (tertiary/aromatic N) is 2. The molecule has 0 spiro atoms. The zero-order valence-electron chi connectivity index (χ0n) is 7.80. The number of rotatable bonds is 2. The van der Waals surface area contributed by atoms with Gasteiger partial charge in [0.25, 0.3) is 0 Å². The molecular weight excluding hydrogens is 212 g/mol. The fourth-order valence-electron chi connectivity index (χ4n) is 1.79. The smallest absolute Gasteiger partial charge is 0.337 e. The van der Waals surface area contributed by atoms with Crippen LogP contribution in [0.15, 0.2) is 11.7 Å². The third-order valence-corrected chi connectivity index (χ3v) is 3.35. The van der Waals surface area contributed by atoms with Gasteiger partial charge in [-0.2, -0.15) is 0 Å². The van der Waals surface area contributed by atoms with Gasteiger partial charge in [0.05, 0.1) is 11.1 Å². The minimum Gasteiger partial charge on any atom is -0.478 e. The summed E-state index contributed by atoms with van der Waals surface area (Å²) in [5.41, 5.74) is 3.70. The van der Waals surface area contributed by atoms with Gasteiger partial charge in [0.15, 0.2) is 0 Å². The molecule has 0 radical (unpaired) electrons. The van der Waals surface area contributed by atoms with Gasteiger partial charge in [0.1, 0.15) is 10.3 Å². The maximum Gasteiger partial charge on any atom is 0.337 e. The average molecular weight is 220 g/mol. The minimum atomic E-state index is -0.903. The number of hydrogen-bond acceptors (Lipinski definition) is 4. The number of hydrogen-bond donors (Lipinski definition) is 1. The van der Waals surface area contributed by atoms with Crippen molar-refractivity contribution in [1.29, 1.82) is 0 Å². The molecule has 1 fully saturated rings. The normalized spacial score (nSPS) is 15.7. The Balaban J connectivity index is 2.34. The molecule has 1 aliphatic rings. The lowest BCUT2D eigenvalue weighted by Crippen LogP contribution is -2.03. The van der Waals surface area contributed by atoms with E-state index < -0.39 is 5.97 Å². The van der Waals surface area contributed by atoms with Crippen LogP contribution in [-0.2, 0) is 0 Å². The van der Waals surface area contributed by atoms with Crippen LogP contribution in [0.25, 0.3) is 10.3 Å². The SMILES string of the molecule is O=C(O)c1cnc2scnc2c1C1CC1. The summed E-state index contributed by atoms with van der Waals surface area (Å²) in [4.78, 5) is 20.2. The predicted molar refractivity (Wildman–Crippen MR) is 56.3 cm³/mol. The molecule has 76 valence electrons. The summed E-state index contributed by atoms with van der Waals surface area (Å²) < 4.78 is 0. The van der Waals surface area contributed by atoms with E-state index in [4.69, 9.17) is 5.11 Å². The number of carbonyl (C=O) groups is 1. The van der Waals surface area contributed by atoms with E-state index in [1.165, 1.54) is 17.5 Å². The van der Waals surface area contributed by atoms with Gasteiger partial charge < -0.3 is 5.11 Å². The molecule has 3 rings (SSSR count). The van der Waals surface area contributed by atoms with E-state index in [1.807, 2.05) is 0 Å². The Kier molecular flexibility index (Phi) is 1.76. The van der Waals surface area contributed by atoms with Crippen molar-refractivity contribution in [2.45, 2.75) is 18.8 Å². The van der Waals surface area contributed by atoms with E-state index in [1.54, 1.807) is 5.51 Å². The third kappa shape index (κ3) is 1.31. The lowest BCUT2D eigenvalue weighted by molar-refractivity contribution is 0.0695. The molecule has 1 N–H and O–H groups in total. The predicted octanol–water partition coefficient (Wildman–Crippen LogP) is 2.27. The summed E-state index contributed by atoms with van der Waals surface area (Å²) in [6.45, 7) is 0. The quantitative estimate of drug-likeness (QED) is 0.843. The highest BCUT2D eigenvalue weighted by Gasteiger charge is 2.31. The van der Waals surface area contributed by atoms with Crippen molar-refractivity contribution in [3.05, 3.63) is 22.8 Å². The molecule has 1 aliphatic carbocycles. The number of aromatic carboxylic acids is 1. The molecule has 0 bridgehead atoms. The van der Waals surface area contributed by atoms with Crippen molar-refractivity contribution in [2.24, 2.45) is 0 Å². The van der Waals surface area contributed by atoms with Crippen molar-refractivity contribution in [1.82, 2.24) is 9.97 Å². The number of aromatic nitrogens is 2. The van der Waals surface area contributed by atoms with E-state index >= 15 is 0 Å². The standard InChI is InChI=1S/C10H8N2O2S/c13-10(14)6-3-11-9-8(12-4-15-9)7(6)5-1-2-5/h3-5H,1-2H2,(H,13,14). The number of pyridine rings is 1. The summed E-state index contributed by atoms with van der Waals surface area (Å²) in [7, 11) is 0. The average Bonchev–Trinajstić information content (AvgIpc) is 2.93. The molecule has 0 aliphatic heterocycles. The number of thiazole rings is 1. The molecule has 0 atom stereocenters. The van der Waals surface area contributed by atoms with Crippen LogP contribution in [0.4, 0.5) is 0 Å². The minimum absolute atomic E-state index is 0.316. The number of carboxylic acids is 1. The van der Waals surface area contributed by atoms with Gasteiger partial charge in [0, 0.05) is 11.8 Å². The van der Waals surface area contributed by atoms with Gasteiger partial charge in [-0.3, -0.25) is 0 Å². The van der Waals surface area contributed by atoms with Crippen LogP contribution in [0.3, 0.4) is 0 Å². The highest BCUT2D eigenvalue weighted by Crippen LogP contribution is 2.44. The van der Waals surface area contributed by atoms with E-state index in [9.17, 15) is 4.79 Å². The van der Waals surface area contributed by atoms with Crippen LogP contribution in [0.2, 0.25) is 0 Å². The first kappa shape index (κ1) is 8.79. The van der Waals surface area contributed by atoms with Crippen molar-refractivity contribution in [3.8, 4) is 0 Å². The molecule has 0 amide bonds. The van der Waals surface area contributed by atoms with Crippen LogP contribution >= 0.6 is 11.3 Å². The molecule has 0 aromatic carbocycles. The Labute approximate surface area is 89.6 Å².